The van der Waals surface area contributed by atoms with Crippen molar-refractivity contribution in [2.75, 3.05) is 0 Å². The van der Waals surface area contributed by atoms with Crippen LogP contribution in [-0.4, -0.2) is 23.6 Å². The third kappa shape index (κ3) is 3.51. The highest BCUT2D eigenvalue weighted by atomic mass is 16.2. The molecule has 0 aromatic carbocycles. The molecule has 4 amide bonds. The van der Waals surface area contributed by atoms with Gasteiger partial charge in [-0.25, -0.2) is 9.59 Å². The van der Waals surface area contributed by atoms with Crippen LogP contribution in [0.15, 0.2) is 0 Å². The number of primary amides is 2. The molecule has 0 bridgehead atoms. The number of hydrogen-bond acceptors (Lipinski definition) is 2. The monoisotopic (exact) mass is 242 g/mol. The molecular weight excluding hydrogens is 220 g/mol. The standard InChI is InChI=1S/C11H22N4O2/c1-10(2)6-11(3,15-9(13)17)5-4-7(10)14-8(12)16/h7H,4-6H2,1-3H3,(H3,12,14,16)(H3,13,15,17)/t7-,11+/m1/s1. The Bertz CT molecular complexity index is 329. The van der Waals surface area contributed by atoms with Crippen molar-refractivity contribution in [3.63, 3.8) is 0 Å². The number of carbonyl (C=O) groups excluding carboxylic acids is 2. The van der Waals surface area contributed by atoms with E-state index in [1.54, 1.807) is 0 Å². The Hall–Kier alpha value is -1.46. The molecule has 6 nitrogen and oxygen atoms in total. The van der Waals surface area contributed by atoms with E-state index in [0.29, 0.717) is 0 Å². The summed E-state index contributed by atoms with van der Waals surface area (Å²) in [6, 6.07) is -0.984. The molecule has 17 heavy (non-hydrogen) atoms. The van der Waals surface area contributed by atoms with Gasteiger partial charge in [-0.2, -0.15) is 0 Å². The van der Waals surface area contributed by atoms with Gasteiger partial charge in [-0.1, -0.05) is 13.8 Å². The fraction of sp³-hybridized carbons (Fsp3) is 0.818. The van der Waals surface area contributed by atoms with Gasteiger partial charge in [0.25, 0.3) is 0 Å². The molecule has 0 aliphatic heterocycles. The van der Waals surface area contributed by atoms with E-state index in [4.69, 9.17) is 11.5 Å². The van der Waals surface area contributed by atoms with Crippen molar-refractivity contribution in [1.29, 1.82) is 0 Å². The molecule has 0 radical (unpaired) electrons. The maximum absolute atomic E-state index is 11.0. The fourth-order valence-corrected chi connectivity index (χ4v) is 2.91. The normalized spacial score (nSPS) is 31.6. The molecule has 1 rings (SSSR count). The minimum absolute atomic E-state index is 0.0303. The Morgan fingerprint density at radius 1 is 1.18 bits per heavy atom. The van der Waals surface area contributed by atoms with Crippen LogP contribution in [0, 0.1) is 5.41 Å². The van der Waals surface area contributed by atoms with Crippen molar-refractivity contribution in [3.05, 3.63) is 0 Å². The summed E-state index contributed by atoms with van der Waals surface area (Å²) in [4.78, 5) is 21.9. The van der Waals surface area contributed by atoms with E-state index in [-0.39, 0.29) is 17.0 Å². The van der Waals surface area contributed by atoms with Gasteiger partial charge >= 0.3 is 12.1 Å². The lowest BCUT2D eigenvalue weighted by Gasteiger charge is -2.47. The van der Waals surface area contributed by atoms with Gasteiger partial charge in [0.1, 0.15) is 0 Å². The zero-order chi connectivity index (χ0) is 13.3. The molecular formula is C11H22N4O2. The van der Waals surface area contributed by atoms with E-state index in [1.165, 1.54) is 0 Å². The molecule has 0 unspecified atom stereocenters. The highest BCUT2D eigenvalue weighted by molar-refractivity contribution is 5.73. The van der Waals surface area contributed by atoms with E-state index in [1.807, 2.05) is 20.8 Å². The van der Waals surface area contributed by atoms with Gasteiger partial charge in [0.15, 0.2) is 0 Å². The molecule has 0 aromatic rings. The molecule has 1 fully saturated rings. The van der Waals surface area contributed by atoms with Gasteiger partial charge in [-0.15, -0.1) is 0 Å². The summed E-state index contributed by atoms with van der Waals surface area (Å²) in [5.41, 5.74) is 9.88. The second-order valence-electron chi connectivity index (χ2n) is 5.82. The Morgan fingerprint density at radius 3 is 2.18 bits per heavy atom. The summed E-state index contributed by atoms with van der Waals surface area (Å²) in [5.74, 6) is 0. The van der Waals surface area contributed by atoms with Crippen LogP contribution in [0.5, 0.6) is 0 Å². The Labute approximate surface area is 101 Å². The van der Waals surface area contributed by atoms with Crippen molar-refractivity contribution in [2.45, 2.75) is 51.6 Å². The second kappa shape index (κ2) is 4.43. The fourth-order valence-electron chi connectivity index (χ4n) is 2.91. The lowest BCUT2D eigenvalue weighted by atomic mass is 9.66. The molecule has 6 heteroatoms. The zero-order valence-corrected chi connectivity index (χ0v) is 10.7. The first kappa shape index (κ1) is 13.6. The summed E-state index contributed by atoms with van der Waals surface area (Å²) < 4.78 is 0. The quantitative estimate of drug-likeness (QED) is 0.570. The number of nitrogens with two attached hydrogens (primary N) is 2. The first-order valence-electron chi connectivity index (χ1n) is 5.78. The minimum Gasteiger partial charge on any atom is -0.352 e. The summed E-state index contributed by atoms with van der Waals surface area (Å²) >= 11 is 0. The Balaban J connectivity index is 2.73. The van der Waals surface area contributed by atoms with E-state index in [0.717, 1.165) is 19.3 Å². The number of urea groups is 2. The summed E-state index contributed by atoms with van der Waals surface area (Å²) in [7, 11) is 0. The third-order valence-electron chi connectivity index (χ3n) is 3.52. The van der Waals surface area contributed by atoms with Gasteiger partial charge < -0.3 is 22.1 Å². The average Bonchev–Trinajstić information content (AvgIpc) is 2.06. The molecule has 0 heterocycles. The van der Waals surface area contributed by atoms with E-state index in [2.05, 4.69) is 10.6 Å². The predicted molar refractivity (Wildman–Crippen MR) is 65.3 cm³/mol. The van der Waals surface area contributed by atoms with Crippen LogP contribution < -0.4 is 22.1 Å². The van der Waals surface area contributed by atoms with Crippen LogP contribution in [0.25, 0.3) is 0 Å². The molecule has 6 N–H and O–H groups in total. The van der Waals surface area contributed by atoms with Gasteiger partial charge in [-0.05, 0) is 31.6 Å². The van der Waals surface area contributed by atoms with Crippen LogP contribution in [0.2, 0.25) is 0 Å². The molecule has 0 spiro atoms. The highest BCUT2D eigenvalue weighted by Crippen LogP contribution is 2.40. The SMILES string of the molecule is CC1(C)C[C@@](C)(NC(N)=O)CC[C@H]1NC(N)=O. The minimum atomic E-state index is -0.510. The number of carbonyl (C=O) groups is 2. The van der Waals surface area contributed by atoms with Crippen molar-refractivity contribution < 1.29 is 9.59 Å². The lowest BCUT2D eigenvalue weighted by Crippen LogP contribution is -2.59. The lowest BCUT2D eigenvalue weighted by molar-refractivity contribution is 0.0989. The molecule has 2 atom stereocenters. The van der Waals surface area contributed by atoms with Gasteiger partial charge in [0.05, 0.1) is 0 Å². The molecule has 0 aromatic heterocycles. The van der Waals surface area contributed by atoms with Crippen molar-refractivity contribution in [2.24, 2.45) is 16.9 Å². The molecule has 98 valence electrons. The van der Waals surface area contributed by atoms with Gasteiger partial charge in [-0.3, -0.25) is 0 Å². The van der Waals surface area contributed by atoms with Gasteiger partial charge in [0, 0.05) is 11.6 Å². The zero-order valence-electron chi connectivity index (χ0n) is 10.7. The number of rotatable bonds is 2. The van der Waals surface area contributed by atoms with Crippen LogP contribution in [-0.2, 0) is 0 Å². The summed E-state index contributed by atoms with van der Waals surface area (Å²) in [6.45, 7) is 6.07. The smallest absolute Gasteiger partial charge is 0.312 e. The van der Waals surface area contributed by atoms with Crippen molar-refractivity contribution in [3.8, 4) is 0 Å². The highest BCUT2D eigenvalue weighted by Gasteiger charge is 2.43. The predicted octanol–water partition coefficient (Wildman–Crippen LogP) is 0.660. The molecule has 0 saturated heterocycles. The van der Waals surface area contributed by atoms with Crippen LogP contribution >= 0.6 is 0 Å². The molecule has 1 aliphatic carbocycles. The maximum atomic E-state index is 11.0. The third-order valence-corrected chi connectivity index (χ3v) is 3.52. The Kier molecular flexibility index (Phi) is 3.54. The summed E-state index contributed by atoms with van der Waals surface area (Å²) in [6.07, 6.45) is 2.28. The largest absolute Gasteiger partial charge is 0.352 e. The van der Waals surface area contributed by atoms with E-state index >= 15 is 0 Å². The van der Waals surface area contributed by atoms with E-state index in [9.17, 15) is 9.59 Å². The van der Waals surface area contributed by atoms with Crippen LogP contribution in [0.1, 0.15) is 40.0 Å². The molecule has 1 aliphatic rings. The van der Waals surface area contributed by atoms with Crippen molar-refractivity contribution >= 4 is 12.1 Å². The molecule has 1 saturated carbocycles. The number of hydrogen-bond donors (Lipinski definition) is 4. The van der Waals surface area contributed by atoms with Crippen LogP contribution in [0.4, 0.5) is 9.59 Å². The first-order valence-corrected chi connectivity index (χ1v) is 5.78. The average molecular weight is 242 g/mol. The summed E-state index contributed by atoms with van der Waals surface area (Å²) in [5, 5.41) is 5.54. The van der Waals surface area contributed by atoms with E-state index < -0.39 is 12.1 Å². The first-order chi connectivity index (χ1) is 7.65. The topological polar surface area (TPSA) is 110 Å². The second-order valence-corrected chi connectivity index (χ2v) is 5.82. The number of nitrogens with one attached hydrogen (secondary N) is 2. The van der Waals surface area contributed by atoms with Crippen LogP contribution in [0.3, 0.4) is 0 Å². The number of amides is 4. The Morgan fingerprint density at radius 2 is 1.76 bits per heavy atom. The van der Waals surface area contributed by atoms with Gasteiger partial charge in [0.2, 0.25) is 0 Å². The maximum Gasteiger partial charge on any atom is 0.312 e. The van der Waals surface area contributed by atoms with Crippen molar-refractivity contribution in [1.82, 2.24) is 10.6 Å².